The van der Waals surface area contributed by atoms with Gasteiger partial charge in [-0.05, 0) is 58.2 Å². The van der Waals surface area contributed by atoms with E-state index in [-0.39, 0.29) is 23.4 Å². The summed E-state index contributed by atoms with van der Waals surface area (Å²) in [6.07, 6.45) is 2.75. The molecule has 0 unspecified atom stereocenters. The van der Waals surface area contributed by atoms with Gasteiger partial charge in [0.25, 0.3) is 8.32 Å². The van der Waals surface area contributed by atoms with Crippen LogP contribution < -0.4 is 10.4 Å². The van der Waals surface area contributed by atoms with Gasteiger partial charge < -0.3 is 23.4 Å². The van der Waals surface area contributed by atoms with Crippen molar-refractivity contribution in [3.63, 3.8) is 0 Å². The van der Waals surface area contributed by atoms with Gasteiger partial charge >= 0.3 is 0 Å². The molecule has 2 aromatic carbocycles. The number of rotatable bonds is 11. The van der Waals surface area contributed by atoms with Crippen LogP contribution in [0.1, 0.15) is 101 Å². The molecule has 2 aliphatic heterocycles. The molecule has 0 amide bonds. The van der Waals surface area contributed by atoms with E-state index in [9.17, 15) is 5.11 Å². The molecule has 2 aromatic rings. The van der Waals surface area contributed by atoms with Gasteiger partial charge in [-0.15, -0.1) is 0 Å². The van der Waals surface area contributed by atoms with Gasteiger partial charge in [-0.25, -0.2) is 0 Å². The standard InChI is InChI=1S/C37H60O5Si2/c1-27(2)43(28(3)4,29(5)6)42-34-26-31(41-37(35(34)38)24-17-18-30(7)40-37)23-25-39-44(36(8,9)10,32-19-13-11-14-20-32)33-21-15-12-16-22-33/h11-16,19-22,27-31,34-35,38H,17-18,23-26H2,1-10H3/t30-,31+,34+,35-,37+/m0/s1. The van der Waals surface area contributed by atoms with Crippen molar-refractivity contribution in [1.82, 2.24) is 0 Å². The van der Waals surface area contributed by atoms with E-state index in [0.717, 1.165) is 19.3 Å². The lowest BCUT2D eigenvalue weighted by Gasteiger charge is -2.54. The second kappa shape index (κ2) is 14.2. The van der Waals surface area contributed by atoms with E-state index in [2.05, 4.69) is 130 Å². The molecule has 44 heavy (non-hydrogen) atoms. The fourth-order valence-electron chi connectivity index (χ4n) is 8.53. The van der Waals surface area contributed by atoms with Gasteiger partial charge in [0.2, 0.25) is 8.32 Å². The molecule has 2 fully saturated rings. The van der Waals surface area contributed by atoms with Crippen LogP contribution in [0.15, 0.2) is 60.7 Å². The van der Waals surface area contributed by atoms with Crippen LogP contribution in [-0.4, -0.2) is 58.6 Å². The largest absolute Gasteiger partial charge is 0.410 e. The maximum Gasteiger partial charge on any atom is 0.261 e. The molecular weight excluding hydrogens is 581 g/mol. The molecule has 1 spiro atoms. The first-order valence-corrected chi connectivity index (χ1v) is 21.2. The van der Waals surface area contributed by atoms with Gasteiger partial charge in [-0.2, -0.15) is 0 Å². The molecule has 0 aliphatic carbocycles. The maximum atomic E-state index is 12.0. The first-order chi connectivity index (χ1) is 20.7. The third-order valence-electron chi connectivity index (χ3n) is 10.4. The van der Waals surface area contributed by atoms with E-state index in [1.54, 1.807) is 0 Å². The smallest absolute Gasteiger partial charge is 0.261 e. The zero-order chi connectivity index (χ0) is 32.3. The van der Waals surface area contributed by atoms with Crippen LogP contribution >= 0.6 is 0 Å². The monoisotopic (exact) mass is 640 g/mol. The van der Waals surface area contributed by atoms with Crippen molar-refractivity contribution in [3.05, 3.63) is 60.7 Å². The Morgan fingerprint density at radius 3 is 1.84 bits per heavy atom. The summed E-state index contributed by atoms with van der Waals surface area (Å²) >= 11 is 0. The minimum Gasteiger partial charge on any atom is -0.410 e. The Morgan fingerprint density at radius 1 is 0.864 bits per heavy atom. The topological polar surface area (TPSA) is 57.2 Å². The van der Waals surface area contributed by atoms with Gasteiger partial charge in [-0.3, -0.25) is 0 Å². The first kappa shape index (κ1) is 35.5. The Bertz CT molecular complexity index is 1100. The number of benzene rings is 2. The normalized spacial score (nSPS) is 27.0. The third kappa shape index (κ3) is 6.85. The Hall–Kier alpha value is -1.33. The highest BCUT2D eigenvalue weighted by Crippen LogP contribution is 2.48. The Morgan fingerprint density at radius 2 is 1.39 bits per heavy atom. The van der Waals surface area contributed by atoms with Gasteiger partial charge in [-0.1, -0.05) is 123 Å². The summed E-state index contributed by atoms with van der Waals surface area (Å²) in [7, 11) is -4.92. The molecule has 0 radical (unpaired) electrons. The van der Waals surface area contributed by atoms with Gasteiger partial charge in [0.1, 0.15) is 6.10 Å². The summed E-state index contributed by atoms with van der Waals surface area (Å²) in [5.74, 6) is -1.03. The van der Waals surface area contributed by atoms with Crippen molar-refractivity contribution in [2.45, 2.75) is 153 Å². The summed E-state index contributed by atoms with van der Waals surface area (Å²) < 4.78 is 28.0. The number of aliphatic hydroxyl groups excluding tert-OH is 1. The highest BCUT2D eigenvalue weighted by atomic mass is 28.4. The SMILES string of the molecule is CC(C)[Si](O[C@@H]1C[C@@H](CCO[Si](c2ccccc2)(c2ccccc2)C(C)(C)C)O[C@]2(CCC[C@H](C)O2)[C@H]1O)(C(C)C)C(C)C. The summed E-state index contributed by atoms with van der Waals surface area (Å²) in [5, 5.41) is 14.4. The number of hydrogen-bond donors (Lipinski definition) is 1. The lowest BCUT2D eigenvalue weighted by atomic mass is 9.88. The molecule has 4 rings (SSSR count). The first-order valence-electron chi connectivity index (χ1n) is 17.2. The van der Waals surface area contributed by atoms with Crippen molar-refractivity contribution in [3.8, 4) is 0 Å². The summed E-state index contributed by atoms with van der Waals surface area (Å²) in [5.41, 5.74) is 1.28. The van der Waals surface area contributed by atoms with Crippen LogP contribution in [0.3, 0.4) is 0 Å². The molecule has 5 atom stereocenters. The average Bonchev–Trinajstić information content (AvgIpc) is 2.96. The van der Waals surface area contributed by atoms with Crippen molar-refractivity contribution in [1.29, 1.82) is 0 Å². The predicted molar refractivity (Wildman–Crippen MR) is 187 cm³/mol. The molecule has 246 valence electrons. The van der Waals surface area contributed by atoms with Crippen molar-refractivity contribution >= 4 is 27.0 Å². The lowest BCUT2D eigenvalue weighted by molar-refractivity contribution is -0.364. The Balaban J connectivity index is 1.66. The molecule has 2 saturated heterocycles. The molecular formula is C37H60O5Si2. The number of aliphatic hydroxyl groups is 1. The third-order valence-corrected chi connectivity index (χ3v) is 21.6. The summed E-state index contributed by atoms with van der Waals surface area (Å²) in [6, 6.07) is 21.6. The van der Waals surface area contributed by atoms with Crippen LogP contribution in [0, 0.1) is 0 Å². The summed E-state index contributed by atoms with van der Waals surface area (Å²) in [4.78, 5) is 0. The van der Waals surface area contributed by atoms with E-state index in [1.807, 2.05) is 0 Å². The minimum absolute atomic E-state index is 0.0356. The lowest BCUT2D eigenvalue weighted by Crippen LogP contribution is -2.67. The highest BCUT2D eigenvalue weighted by molar-refractivity contribution is 6.99. The van der Waals surface area contributed by atoms with E-state index >= 15 is 0 Å². The van der Waals surface area contributed by atoms with E-state index in [0.29, 0.717) is 36.1 Å². The van der Waals surface area contributed by atoms with E-state index in [4.69, 9.17) is 18.3 Å². The van der Waals surface area contributed by atoms with Crippen molar-refractivity contribution < 1.29 is 23.4 Å². The summed E-state index contributed by atoms with van der Waals surface area (Å²) in [6.45, 7) is 23.5. The quantitative estimate of drug-likeness (QED) is 0.253. The Labute approximate surface area is 270 Å². The molecule has 2 aliphatic rings. The highest BCUT2D eigenvalue weighted by Gasteiger charge is 2.57. The number of ether oxygens (including phenoxy) is 2. The van der Waals surface area contributed by atoms with Gasteiger partial charge in [0, 0.05) is 19.4 Å². The molecule has 0 aromatic heterocycles. The molecule has 1 N–H and O–H groups in total. The molecule has 0 saturated carbocycles. The molecule has 7 heteroatoms. The van der Waals surface area contributed by atoms with Crippen LogP contribution in [0.25, 0.3) is 0 Å². The van der Waals surface area contributed by atoms with Gasteiger partial charge in [0.15, 0.2) is 5.79 Å². The fourth-order valence-corrected chi connectivity index (χ4v) is 18.7. The molecule has 5 nitrogen and oxygen atoms in total. The second-order valence-electron chi connectivity index (χ2n) is 15.3. The van der Waals surface area contributed by atoms with Crippen LogP contribution in [0.5, 0.6) is 0 Å². The maximum absolute atomic E-state index is 12.0. The second-order valence-corrected chi connectivity index (χ2v) is 25.0. The fraction of sp³-hybridized carbons (Fsp3) is 0.676. The number of hydrogen-bond acceptors (Lipinski definition) is 5. The van der Waals surface area contributed by atoms with E-state index < -0.39 is 28.5 Å². The molecule has 2 heterocycles. The van der Waals surface area contributed by atoms with Crippen molar-refractivity contribution in [2.24, 2.45) is 0 Å². The zero-order valence-corrected chi connectivity index (χ0v) is 31.1. The zero-order valence-electron chi connectivity index (χ0n) is 29.1. The molecule has 0 bridgehead atoms. The van der Waals surface area contributed by atoms with Crippen LogP contribution in [0.2, 0.25) is 21.7 Å². The predicted octanol–water partition coefficient (Wildman–Crippen LogP) is 7.95. The Kier molecular flexibility index (Phi) is 11.5. The van der Waals surface area contributed by atoms with Gasteiger partial charge in [0.05, 0.1) is 18.3 Å². The minimum atomic E-state index is -2.67. The van der Waals surface area contributed by atoms with Crippen LogP contribution in [0.4, 0.5) is 0 Å². The van der Waals surface area contributed by atoms with Crippen molar-refractivity contribution in [2.75, 3.05) is 6.61 Å². The van der Waals surface area contributed by atoms with E-state index in [1.165, 1.54) is 10.4 Å². The van der Waals surface area contributed by atoms with Crippen LogP contribution in [-0.2, 0) is 18.3 Å². The average molecular weight is 641 g/mol.